The van der Waals surface area contributed by atoms with E-state index in [-0.39, 0.29) is 0 Å². The number of hydrazone groups is 1. The van der Waals surface area contributed by atoms with E-state index in [1.165, 1.54) is 0 Å². The summed E-state index contributed by atoms with van der Waals surface area (Å²) < 4.78 is 0. The van der Waals surface area contributed by atoms with Crippen molar-refractivity contribution < 1.29 is 0 Å². The average molecular weight is 146 g/mol. The van der Waals surface area contributed by atoms with Crippen LogP contribution >= 0.6 is 8.58 Å². The minimum Gasteiger partial charge on any atom is -0.286 e. The van der Waals surface area contributed by atoms with Gasteiger partial charge < -0.3 is 0 Å². The maximum Gasteiger partial charge on any atom is 0.143 e. The minimum atomic E-state index is 0.921. The first-order valence-corrected chi connectivity index (χ1v) is 4.51. The molecule has 0 radical (unpaired) electrons. The lowest BCUT2D eigenvalue weighted by molar-refractivity contribution is 0.231. The van der Waals surface area contributed by atoms with Crippen molar-refractivity contribution in [1.29, 1.82) is 0 Å². The molecule has 0 aromatic heterocycles. The smallest absolute Gasteiger partial charge is 0.143 e. The van der Waals surface area contributed by atoms with Gasteiger partial charge in [-0.15, -0.1) is 18.8 Å². The summed E-state index contributed by atoms with van der Waals surface area (Å²) >= 11 is 0. The largest absolute Gasteiger partial charge is 0.286 e. The molecule has 1 unspecified atom stereocenters. The predicted molar refractivity (Wildman–Crippen MR) is 40.6 cm³/mol. The van der Waals surface area contributed by atoms with Crippen molar-refractivity contribution >= 4 is 14.4 Å². The van der Waals surface area contributed by atoms with E-state index >= 15 is 0 Å². The van der Waals surface area contributed by atoms with Crippen LogP contribution in [0.25, 0.3) is 0 Å². The summed E-state index contributed by atoms with van der Waals surface area (Å²) in [5.74, 6) is 1.03. The van der Waals surface area contributed by atoms with Crippen LogP contribution in [-0.2, 0) is 0 Å². The Bertz CT molecular complexity index is 124. The van der Waals surface area contributed by atoms with Crippen LogP contribution < -0.4 is 11.0 Å². The van der Waals surface area contributed by atoms with Crippen LogP contribution in [0.5, 0.6) is 0 Å². The highest BCUT2D eigenvalue weighted by molar-refractivity contribution is 7.38. The standard InChI is InChI=1S/C4H11N4P/c1-8-6-4(3-9-2)5-7-8/h7,9H,3H2,1-2H3,(H,5,6). The van der Waals surface area contributed by atoms with Crippen LogP contribution in [-0.4, -0.2) is 30.8 Å². The van der Waals surface area contributed by atoms with Crippen molar-refractivity contribution in [3.63, 3.8) is 0 Å². The zero-order valence-electron chi connectivity index (χ0n) is 5.60. The molecule has 1 aliphatic heterocycles. The Morgan fingerprint density at radius 2 is 2.56 bits per heavy atom. The van der Waals surface area contributed by atoms with Crippen molar-refractivity contribution in [3.05, 3.63) is 0 Å². The third-order valence-corrected chi connectivity index (χ3v) is 1.66. The lowest BCUT2D eigenvalue weighted by atomic mass is 10.7. The Labute approximate surface area is 56.4 Å². The summed E-state index contributed by atoms with van der Waals surface area (Å²) in [5.41, 5.74) is 5.80. The van der Waals surface area contributed by atoms with Crippen molar-refractivity contribution in [2.75, 3.05) is 19.9 Å². The van der Waals surface area contributed by atoms with Gasteiger partial charge in [-0.2, -0.15) is 0 Å². The summed E-state index contributed by atoms with van der Waals surface area (Å²) in [4.78, 5) is 0. The van der Waals surface area contributed by atoms with Crippen LogP contribution in [0.2, 0.25) is 0 Å². The summed E-state index contributed by atoms with van der Waals surface area (Å²) in [5, 5.41) is 5.73. The zero-order valence-corrected chi connectivity index (χ0v) is 6.60. The second-order valence-electron chi connectivity index (χ2n) is 1.86. The number of hydrogen-bond acceptors (Lipinski definition) is 4. The molecule has 0 aromatic carbocycles. The Balaban J connectivity index is 2.27. The molecule has 0 aromatic rings. The number of hydrazine groups is 2. The molecule has 0 saturated carbocycles. The normalized spacial score (nSPS) is 20.0. The third-order valence-electron chi connectivity index (χ3n) is 0.976. The second-order valence-corrected chi connectivity index (χ2v) is 2.92. The fraction of sp³-hybridized carbons (Fsp3) is 0.750. The van der Waals surface area contributed by atoms with Crippen molar-refractivity contribution in [1.82, 2.24) is 16.1 Å². The molecule has 1 aliphatic rings. The Hall–Kier alpha value is -0.340. The highest BCUT2D eigenvalue weighted by atomic mass is 31.1. The van der Waals surface area contributed by atoms with Crippen molar-refractivity contribution in [2.45, 2.75) is 0 Å². The van der Waals surface area contributed by atoms with Crippen molar-refractivity contribution in [2.24, 2.45) is 5.10 Å². The van der Waals surface area contributed by atoms with E-state index in [2.05, 4.69) is 22.7 Å². The summed E-state index contributed by atoms with van der Waals surface area (Å²) in [6.45, 7) is 2.16. The van der Waals surface area contributed by atoms with Gasteiger partial charge in [0.05, 0.1) is 0 Å². The molecule has 1 rings (SSSR count). The molecule has 9 heavy (non-hydrogen) atoms. The van der Waals surface area contributed by atoms with E-state index in [1.807, 2.05) is 7.05 Å². The van der Waals surface area contributed by atoms with E-state index in [4.69, 9.17) is 0 Å². The summed E-state index contributed by atoms with van der Waals surface area (Å²) in [6.07, 6.45) is 1.04. The molecular weight excluding hydrogens is 135 g/mol. The van der Waals surface area contributed by atoms with Crippen LogP contribution in [0.3, 0.4) is 0 Å². The molecule has 1 heterocycles. The molecule has 5 heteroatoms. The predicted octanol–water partition coefficient (Wildman–Crippen LogP) is -0.437. The van der Waals surface area contributed by atoms with Crippen LogP contribution in [0.1, 0.15) is 0 Å². The van der Waals surface area contributed by atoms with Gasteiger partial charge in [0.15, 0.2) is 0 Å². The van der Waals surface area contributed by atoms with Crippen LogP contribution in [0, 0.1) is 0 Å². The highest BCUT2D eigenvalue weighted by Gasteiger charge is 2.06. The van der Waals surface area contributed by atoms with E-state index in [0.29, 0.717) is 0 Å². The molecule has 0 spiro atoms. The summed E-state index contributed by atoms with van der Waals surface area (Å²) in [7, 11) is 2.81. The van der Waals surface area contributed by atoms with Gasteiger partial charge in [0.2, 0.25) is 0 Å². The fourth-order valence-electron chi connectivity index (χ4n) is 0.625. The monoisotopic (exact) mass is 146 g/mol. The molecule has 4 nitrogen and oxygen atoms in total. The topological polar surface area (TPSA) is 39.7 Å². The SMILES string of the molecule is CPCC1=NNN(C)N1. The minimum absolute atomic E-state index is 0.921. The molecular formula is C4H11N4P. The number of nitrogens with zero attached hydrogens (tertiary/aromatic N) is 2. The van der Waals surface area contributed by atoms with Crippen LogP contribution in [0.4, 0.5) is 0 Å². The van der Waals surface area contributed by atoms with E-state index < -0.39 is 0 Å². The molecule has 52 valence electrons. The molecule has 0 saturated heterocycles. The Morgan fingerprint density at radius 3 is 3.00 bits per heavy atom. The van der Waals surface area contributed by atoms with Gasteiger partial charge >= 0.3 is 0 Å². The first-order valence-electron chi connectivity index (χ1n) is 2.80. The first kappa shape index (κ1) is 6.78. The van der Waals surface area contributed by atoms with Gasteiger partial charge in [0.25, 0.3) is 0 Å². The fourth-order valence-corrected chi connectivity index (χ4v) is 1.12. The molecule has 0 fully saturated rings. The van der Waals surface area contributed by atoms with Gasteiger partial charge in [0, 0.05) is 13.2 Å². The molecule has 0 aliphatic carbocycles. The molecule has 0 amide bonds. The highest BCUT2D eigenvalue weighted by Crippen LogP contribution is 2.01. The lowest BCUT2D eigenvalue weighted by Gasteiger charge is -2.06. The van der Waals surface area contributed by atoms with Crippen LogP contribution in [0.15, 0.2) is 5.10 Å². The molecule has 0 bridgehead atoms. The number of amidine groups is 1. The van der Waals surface area contributed by atoms with Gasteiger partial charge in [-0.05, 0) is 6.66 Å². The van der Waals surface area contributed by atoms with Gasteiger partial charge in [-0.1, -0.05) is 0 Å². The summed E-state index contributed by atoms with van der Waals surface area (Å²) in [6, 6.07) is 0. The first-order chi connectivity index (χ1) is 4.33. The maximum atomic E-state index is 3.99. The lowest BCUT2D eigenvalue weighted by Crippen LogP contribution is -2.37. The van der Waals surface area contributed by atoms with E-state index in [9.17, 15) is 0 Å². The number of nitrogens with one attached hydrogen (secondary N) is 2. The number of hydrogen-bond donors (Lipinski definition) is 2. The Kier molecular flexibility index (Phi) is 2.25. The molecule has 2 N–H and O–H groups in total. The Morgan fingerprint density at radius 1 is 1.78 bits per heavy atom. The quantitative estimate of drug-likeness (QED) is 0.519. The van der Waals surface area contributed by atoms with Gasteiger partial charge in [0.1, 0.15) is 5.84 Å². The maximum absolute atomic E-state index is 3.99. The van der Waals surface area contributed by atoms with E-state index in [1.54, 1.807) is 5.12 Å². The van der Waals surface area contributed by atoms with E-state index in [0.717, 1.165) is 20.6 Å². The van der Waals surface area contributed by atoms with Crippen molar-refractivity contribution in [3.8, 4) is 0 Å². The zero-order chi connectivity index (χ0) is 6.69. The number of rotatable bonds is 2. The third kappa shape index (κ3) is 1.80. The molecule has 1 atom stereocenters. The van der Waals surface area contributed by atoms with Gasteiger partial charge in [-0.25, -0.2) is 5.53 Å². The van der Waals surface area contributed by atoms with Gasteiger partial charge in [-0.3, -0.25) is 5.43 Å². The average Bonchev–Trinajstić information content (AvgIpc) is 2.17. The second kappa shape index (κ2) is 2.99.